The Kier molecular flexibility index (Phi) is 2.99. The van der Waals surface area contributed by atoms with Crippen molar-refractivity contribution in [1.82, 2.24) is 5.16 Å². The highest BCUT2D eigenvalue weighted by Crippen LogP contribution is 2.05. The Hall–Kier alpha value is -1.16. The van der Waals surface area contributed by atoms with Crippen molar-refractivity contribution in [3.63, 3.8) is 0 Å². The Morgan fingerprint density at radius 1 is 1.75 bits per heavy atom. The average molecular weight is 169 g/mol. The summed E-state index contributed by atoms with van der Waals surface area (Å²) < 4.78 is 9.90. The second-order valence-electron chi connectivity index (χ2n) is 2.37. The van der Waals surface area contributed by atoms with Crippen LogP contribution in [0.1, 0.15) is 30.1 Å². The third kappa shape index (κ3) is 2.17. The Balaban J connectivity index is 2.58. The quantitative estimate of drug-likeness (QED) is 0.639. The first kappa shape index (κ1) is 8.93. The molecular weight excluding hydrogens is 158 g/mol. The van der Waals surface area contributed by atoms with Gasteiger partial charge in [-0.2, -0.15) is 0 Å². The van der Waals surface area contributed by atoms with E-state index in [2.05, 4.69) is 5.16 Å². The summed E-state index contributed by atoms with van der Waals surface area (Å²) >= 11 is 0. The van der Waals surface area contributed by atoms with E-state index in [1.165, 1.54) is 6.92 Å². The van der Waals surface area contributed by atoms with Crippen LogP contribution in [0.3, 0.4) is 0 Å². The molecule has 0 atom stereocenters. The predicted molar refractivity (Wildman–Crippen MR) is 41.8 cm³/mol. The molecule has 0 N–H and O–H groups in total. The van der Waals surface area contributed by atoms with Crippen LogP contribution in [-0.2, 0) is 11.3 Å². The van der Waals surface area contributed by atoms with Crippen molar-refractivity contribution in [2.45, 2.75) is 20.5 Å². The summed E-state index contributed by atoms with van der Waals surface area (Å²) in [7, 11) is 0. The number of rotatable bonds is 4. The molecule has 0 amide bonds. The number of carbonyl (C=O) groups excluding carboxylic acids is 1. The normalized spacial score (nSPS) is 10.2. The van der Waals surface area contributed by atoms with Gasteiger partial charge < -0.3 is 9.26 Å². The highest BCUT2D eigenvalue weighted by molar-refractivity contribution is 5.91. The van der Waals surface area contributed by atoms with Gasteiger partial charge in [0.05, 0.1) is 0 Å². The van der Waals surface area contributed by atoms with Gasteiger partial charge in [-0.05, 0) is 6.92 Å². The van der Waals surface area contributed by atoms with Crippen LogP contribution in [-0.4, -0.2) is 17.5 Å². The first-order valence-electron chi connectivity index (χ1n) is 3.78. The van der Waals surface area contributed by atoms with Crippen LogP contribution in [0.4, 0.5) is 0 Å². The number of ether oxygens (including phenoxy) is 1. The molecule has 1 aromatic heterocycles. The molecule has 0 radical (unpaired) electrons. The first-order valence-corrected chi connectivity index (χ1v) is 3.78. The lowest BCUT2D eigenvalue weighted by molar-refractivity contribution is 0.100. The van der Waals surface area contributed by atoms with Crippen LogP contribution in [0, 0.1) is 0 Å². The molecule has 1 heterocycles. The molecule has 12 heavy (non-hydrogen) atoms. The van der Waals surface area contributed by atoms with Gasteiger partial charge in [0.1, 0.15) is 12.3 Å². The maximum atomic E-state index is 10.8. The van der Waals surface area contributed by atoms with Gasteiger partial charge in [-0.3, -0.25) is 4.79 Å². The van der Waals surface area contributed by atoms with Crippen molar-refractivity contribution in [2.24, 2.45) is 0 Å². The van der Waals surface area contributed by atoms with Crippen LogP contribution in [0.15, 0.2) is 10.6 Å². The van der Waals surface area contributed by atoms with Gasteiger partial charge in [-0.15, -0.1) is 0 Å². The average Bonchev–Trinajstić information content (AvgIpc) is 2.48. The number of hydrogen-bond donors (Lipinski definition) is 0. The van der Waals surface area contributed by atoms with Gasteiger partial charge in [-0.1, -0.05) is 5.16 Å². The van der Waals surface area contributed by atoms with Crippen LogP contribution >= 0.6 is 0 Å². The molecule has 0 saturated carbocycles. The molecule has 0 aliphatic carbocycles. The molecule has 1 aromatic rings. The van der Waals surface area contributed by atoms with Crippen LogP contribution in [0.2, 0.25) is 0 Å². The van der Waals surface area contributed by atoms with E-state index in [0.717, 1.165) is 0 Å². The van der Waals surface area contributed by atoms with Crippen molar-refractivity contribution in [3.05, 3.63) is 17.5 Å². The van der Waals surface area contributed by atoms with Gasteiger partial charge in [0.2, 0.25) is 0 Å². The summed E-state index contributed by atoms with van der Waals surface area (Å²) in [6.07, 6.45) is 0. The summed E-state index contributed by atoms with van der Waals surface area (Å²) in [5.74, 6) is 0.489. The van der Waals surface area contributed by atoms with Gasteiger partial charge in [-0.25, -0.2) is 0 Å². The fourth-order valence-electron chi connectivity index (χ4n) is 0.750. The van der Waals surface area contributed by atoms with Crippen molar-refractivity contribution in [2.75, 3.05) is 6.61 Å². The lowest BCUT2D eigenvalue weighted by atomic mass is 10.3. The summed E-state index contributed by atoms with van der Waals surface area (Å²) in [4.78, 5) is 10.8. The van der Waals surface area contributed by atoms with E-state index in [9.17, 15) is 4.79 Å². The number of ketones is 1. The lowest BCUT2D eigenvalue weighted by Crippen LogP contribution is -1.91. The standard InChI is InChI=1S/C8H11NO3/c1-3-11-5-7-4-8(6(2)10)9-12-7/h4H,3,5H2,1-2H3. The molecule has 4 nitrogen and oxygen atoms in total. The minimum atomic E-state index is -0.0958. The van der Waals surface area contributed by atoms with Gasteiger partial charge in [0, 0.05) is 19.6 Å². The molecule has 0 fully saturated rings. The number of nitrogens with zero attached hydrogens (tertiary/aromatic N) is 1. The molecule has 0 aromatic carbocycles. The minimum Gasteiger partial charge on any atom is -0.374 e. The van der Waals surface area contributed by atoms with Crippen molar-refractivity contribution in [1.29, 1.82) is 0 Å². The van der Waals surface area contributed by atoms with Crippen LogP contribution < -0.4 is 0 Å². The molecule has 0 aliphatic heterocycles. The van der Waals surface area contributed by atoms with Crippen molar-refractivity contribution < 1.29 is 14.1 Å². The number of carbonyl (C=O) groups is 1. The minimum absolute atomic E-state index is 0.0958. The Bertz CT molecular complexity index is 267. The third-order valence-electron chi connectivity index (χ3n) is 1.37. The molecule has 4 heteroatoms. The van der Waals surface area contributed by atoms with Crippen LogP contribution in [0.5, 0.6) is 0 Å². The number of Topliss-reactive ketones (excluding diaryl/α,β-unsaturated/α-hetero) is 1. The fourth-order valence-corrected chi connectivity index (χ4v) is 0.750. The van der Waals surface area contributed by atoms with E-state index in [4.69, 9.17) is 9.26 Å². The van der Waals surface area contributed by atoms with Crippen LogP contribution in [0.25, 0.3) is 0 Å². The largest absolute Gasteiger partial charge is 0.374 e. The topological polar surface area (TPSA) is 52.3 Å². The highest BCUT2D eigenvalue weighted by Gasteiger charge is 2.06. The molecule has 0 bridgehead atoms. The monoisotopic (exact) mass is 169 g/mol. The third-order valence-corrected chi connectivity index (χ3v) is 1.37. The van der Waals surface area contributed by atoms with Gasteiger partial charge in [0.15, 0.2) is 11.5 Å². The smallest absolute Gasteiger partial charge is 0.181 e. The van der Waals surface area contributed by atoms with Crippen molar-refractivity contribution >= 4 is 5.78 Å². The van der Waals surface area contributed by atoms with E-state index >= 15 is 0 Å². The second-order valence-corrected chi connectivity index (χ2v) is 2.37. The molecule has 66 valence electrons. The maximum Gasteiger partial charge on any atom is 0.181 e. The Morgan fingerprint density at radius 2 is 2.50 bits per heavy atom. The summed E-state index contributed by atoms with van der Waals surface area (Å²) in [5, 5.41) is 3.56. The Morgan fingerprint density at radius 3 is 3.00 bits per heavy atom. The molecule has 0 saturated heterocycles. The molecular formula is C8H11NO3. The Labute approximate surface area is 70.5 Å². The SMILES string of the molecule is CCOCc1cc(C(C)=O)no1. The summed E-state index contributed by atoms with van der Waals surface area (Å²) in [5.41, 5.74) is 0.352. The van der Waals surface area contributed by atoms with E-state index in [-0.39, 0.29) is 5.78 Å². The maximum absolute atomic E-state index is 10.8. The number of hydrogen-bond acceptors (Lipinski definition) is 4. The van der Waals surface area contributed by atoms with Gasteiger partial charge >= 0.3 is 0 Å². The van der Waals surface area contributed by atoms with Crippen molar-refractivity contribution in [3.8, 4) is 0 Å². The zero-order valence-electron chi connectivity index (χ0n) is 7.16. The highest BCUT2D eigenvalue weighted by atomic mass is 16.5. The van der Waals surface area contributed by atoms with E-state index in [0.29, 0.717) is 24.7 Å². The lowest BCUT2D eigenvalue weighted by Gasteiger charge is -1.92. The molecule has 0 aliphatic rings. The molecule has 0 unspecified atom stereocenters. The zero-order valence-corrected chi connectivity index (χ0v) is 7.16. The van der Waals surface area contributed by atoms with E-state index in [1.54, 1.807) is 6.07 Å². The second kappa shape index (κ2) is 4.01. The van der Waals surface area contributed by atoms with E-state index in [1.807, 2.05) is 6.92 Å². The molecule has 0 spiro atoms. The molecule has 1 rings (SSSR count). The number of aromatic nitrogens is 1. The fraction of sp³-hybridized carbons (Fsp3) is 0.500. The predicted octanol–water partition coefficient (Wildman–Crippen LogP) is 1.41. The van der Waals surface area contributed by atoms with Gasteiger partial charge in [0.25, 0.3) is 0 Å². The van der Waals surface area contributed by atoms with E-state index < -0.39 is 0 Å². The first-order chi connectivity index (χ1) is 5.74. The summed E-state index contributed by atoms with van der Waals surface area (Å²) in [6, 6.07) is 1.60. The zero-order chi connectivity index (χ0) is 8.97. The summed E-state index contributed by atoms with van der Waals surface area (Å²) in [6.45, 7) is 4.33.